The van der Waals surface area contributed by atoms with Crippen molar-refractivity contribution in [3.63, 3.8) is 0 Å². The van der Waals surface area contributed by atoms with Crippen LogP contribution in [0.4, 0.5) is 5.69 Å². The predicted molar refractivity (Wildman–Crippen MR) is 137 cm³/mol. The number of nitrogens with zero attached hydrogens (tertiary/aromatic N) is 1. The first-order valence-electron chi connectivity index (χ1n) is 11.9. The van der Waals surface area contributed by atoms with Gasteiger partial charge in [-0.15, -0.1) is 0 Å². The summed E-state index contributed by atoms with van der Waals surface area (Å²) in [5.41, 5.74) is 6.25. The third kappa shape index (κ3) is 5.10. The van der Waals surface area contributed by atoms with E-state index in [2.05, 4.69) is 56.0 Å². The van der Waals surface area contributed by atoms with E-state index < -0.39 is 5.97 Å². The highest BCUT2D eigenvalue weighted by Crippen LogP contribution is 2.39. The first-order chi connectivity index (χ1) is 16.3. The fourth-order valence-corrected chi connectivity index (χ4v) is 4.58. The number of hydrogen-bond acceptors (Lipinski definition) is 4. The summed E-state index contributed by atoms with van der Waals surface area (Å²) >= 11 is 0. The van der Waals surface area contributed by atoms with Gasteiger partial charge in [0.1, 0.15) is 12.4 Å². The molecule has 0 aromatic heterocycles. The molecule has 0 radical (unpaired) electrons. The molecule has 1 aliphatic heterocycles. The average Bonchev–Trinajstić information content (AvgIpc) is 3.37. The number of aromatic carboxylic acids is 1. The minimum absolute atomic E-state index is 0.0556. The summed E-state index contributed by atoms with van der Waals surface area (Å²) in [6, 6.07) is 19.9. The second-order valence-electron chi connectivity index (χ2n) is 9.84. The maximum absolute atomic E-state index is 11.6. The second kappa shape index (κ2) is 9.90. The van der Waals surface area contributed by atoms with E-state index in [1.165, 1.54) is 18.5 Å². The van der Waals surface area contributed by atoms with Crippen LogP contribution in [0.1, 0.15) is 49.5 Å². The lowest BCUT2D eigenvalue weighted by atomic mass is 9.80. The van der Waals surface area contributed by atoms with E-state index in [0.717, 1.165) is 40.9 Å². The summed E-state index contributed by atoms with van der Waals surface area (Å²) in [7, 11) is 0. The first-order valence-corrected chi connectivity index (χ1v) is 11.9. The molecule has 178 valence electrons. The van der Waals surface area contributed by atoms with E-state index in [1.54, 1.807) is 12.1 Å². The van der Waals surface area contributed by atoms with Crippen LogP contribution in [0.15, 0.2) is 60.7 Å². The Kier molecular flexibility index (Phi) is 6.94. The number of carboxylic acids is 1. The van der Waals surface area contributed by atoms with E-state index in [1.807, 2.05) is 18.2 Å². The van der Waals surface area contributed by atoms with E-state index in [0.29, 0.717) is 5.75 Å². The molecular formula is C29H33NO4. The van der Waals surface area contributed by atoms with Gasteiger partial charge in [0.25, 0.3) is 0 Å². The lowest BCUT2D eigenvalue weighted by Gasteiger charge is -2.24. The van der Waals surface area contributed by atoms with Crippen molar-refractivity contribution in [1.82, 2.24) is 0 Å². The monoisotopic (exact) mass is 459 g/mol. The van der Waals surface area contributed by atoms with E-state index in [9.17, 15) is 15.0 Å². The molecule has 1 fully saturated rings. The molecule has 1 aliphatic rings. The SMILES string of the molecule is CC(C)(C)c1cc(C(=O)O)ccc1-c1ccc(OCCO)c(-c2ccc(N3CCCC3)cc2)c1. The quantitative estimate of drug-likeness (QED) is 0.454. The molecule has 0 unspecified atom stereocenters. The van der Waals surface area contributed by atoms with Crippen molar-refractivity contribution in [2.24, 2.45) is 0 Å². The van der Waals surface area contributed by atoms with Gasteiger partial charge in [-0.3, -0.25) is 0 Å². The van der Waals surface area contributed by atoms with Crippen LogP contribution in [0.5, 0.6) is 5.75 Å². The molecule has 4 rings (SSSR count). The normalized spacial score (nSPS) is 13.8. The van der Waals surface area contributed by atoms with Gasteiger partial charge in [0, 0.05) is 24.3 Å². The van der Waals surface area contributed by atoms with Crippen LogP contribution in [0.25, 0.3) is 22.3 Å². The maximum atomic E-state index is 11.6. The van der Waals surface area contributed by atoms with Crippen molar-refractivity contribution in [3.8, 4) is 28.0 Å². The van der Waals surface area contributed by atoms with Crippen LogP contribution in [0.2, 0.25) is 0 Å². The molecule has 0 amide bonds. The minimum Gasteiger partial charge on any atom is -0.491 e. The van der Waals surface area contributed by atoms with Crippen molar-refractivity contribution in [1.29, 1.82) is 0 Å². The van der Waals surface area contributed by atoms with Crippen LogP contribution in [-0.2, 0) is 5.41 Å². The average molecular weight is 460 g/mol. The van der Waals surface area contributed by atoms with Crippen molar-refractivity contribution >= 4 is 11.7 Å². The second-order valence-corrected chi connectivity index (χ2v) is 9.84. The van der Waals surface area contributed by atoms with Crippen LogP contribution < -0.4 is 9.64 Å². The van der Waals surface area contributed by atoms with Crippen LogP contribution in [0, 0.1) is 0 Å². The van der Waals surface area contributed by atoms with Gasteiger partial charge in [-0.2, -0.15) is 0 Å². The molecule has 5 heteroatoms. The van der Waals surface area contributed by atoms with Crippen molar-refractivity contribution in [2.75, 3.05) is 31.2 Å². The summed E-state index contributed by atoms with van der Waals surface area (Å²) < 4.78 is 5.87. The highest BCUT2D eigenvalue weighted by atomic mass is 16.5. The molecule has 0 spiro atoms. The van der Waals surface area contributed by atoms with Gasteiger partial charge in [0.15, 0.2) is 0 Å². The molecule has 0 aliphatic carbocycles. The largest absolute Gasteiger partial charge is 0.491 e. The number of hydrogen-bond donors (Lipinski definition) is 2. The van der Waals surface area contributed by atoms with Crippen molar-refractivity contribution < 1.29 is 19.7 Å². The van der Waals surface area contributed by atoms with Gasteiger partial charge in [-0.1, -0.05) is 45.0 Å². The lowest BCUT2D eigenvalue weighted by Crippen LogP contribution is -2.17. The number of carboxylic acid groups (broad SMARTS) is 1. The Balaban J connectivity index is 1.79. The maximum Gasteiger partial charge on any atom is 0.335 e. The number of rotatable bonds is 7. The third-order valence-corrected chi connectivity index (χ3v) is 6.36. The zero-order valence-electron chi connectivity index (χ0n) is 20.2. The van der Waals surface area contributed by atoms with Gasteiger partial charge in [-0.25, -0.2) is 4.79 Å². The fraction of sp³-hybridized carbons (Fsp3) is 0.345. The Hall–Kier alpha value is -3.31. The summed E-state index contributed by atoms with van der Waals surface area (Å²) in [5.74, 6) is -0.213. The summed E-state index contributed by atoms with van der Waals surface area (Å²) in [4.78, 5) is 14.0. The molecule has 2 N–H and O–H groups in total. The van der Waals surface area contributed by atoms with Crippen LogP contribution in [0.3, 0.4) is 0 Å². The third-order valence-electron chi connectivity index (χ3n) is 6.36. The zero-order valence-corrected chi connectivity index (χ0v) is 20.2. The van der Waals surface area contributed by atoms with Gasteiger partial charge in [0.2, 0.25) is 0 Å². The van der Waals surface area contributed by atoms with Crippen LogP contribution in [-0.4, -0.2) is 42.5 Å². The van der Waals surface area contributed by atoms with Gasteiger partial charge >= 0.3 is 5.97 Å². The molecule has 3 aromatic carbocycles. The summed E-state index contributed by atoms with van der Waals surface area (Å²) in [5, 5.41) is 18.8. The van der Waals surface area contributed by atoms with E-state index >= 15 is 0 Å². The number of carbonyl (C=O) groups is 1. The first kappa shape index (κ1) is 23.8. The molecule has 34 heavy (non-hydrogen) atoms. The number of anilines is 1. The molecule has 0 saturated carbocycles. The predicted octanol–water partition coefficient (Wildman–Crippen LogP) is 5.99. The summed E-state index contributed by atoms with van der Waals surface area (Å²) in [6.07, 6.45) is 2.47. The number of benzene rings is 3. The zero-order chi connectivity index (χ0) is 24.3. The lowest BCUT2D eigenvalue weighted by molar-refractivity contribution is 0.0696. The molecule has 5 nitrogen and oxygen atoms in total. The van der Waals surface area contributed by atoms with E-state index in [4.69, 9.17) is 4.74 Å². The Morgan fingerprint density at radius 3 is 2.21 bits per heavy atom. The highest BCUT2D eigenvalue weighted by molar-refractivity contribution is 5.89. The Morgan fingerprint density at radius 2 is 1.59 bits per heavy atom. The smallest absolute Gasteiger partial charge is 0.335 e. The van der Waals surface area contributed by atoms with E-state index in [-0.39, 0.29) is 24.2 Å². The molecule has 0 atom stereocenters. The number of aliphatic hydroxyl groups excluding tert-OH is 1. The van der Waals surface area contributed by atoms with Gasteiger partial charge < -0.3 is 19.8 Å². The van der Waals surface area contributed by atoms with Crippen molar-refractivity contribution in [2.45, 2.75) is 39.0 Å². The van der Waals surface area contributed by atoms with Crippen molar-refractivity contribution in [3.05, 3.63) is 71.8 Å². The molecular weight excluding hydrogens is 426 g/mol. The Labute approximate surface area is 201 Å². The number of aliphatic hydroxyl groups is 1. The summed E-state index contributed by atoms with van der Waals surface area (Å²) in [6.45, 7) is 8.64. The highest BCUT2D eigenvalue weighted by Gasteiger charge is 2.22. The fourth-order valence-electron chi connectivity index (χ4n) is 4.58. The molecule has 1 heterocycles. The Morgan fingerprint density at radius 1 is 0.912 bits per heavy atom. The standard InChI is InChI=1S/C29H33NO4/c1-29(2,3)26-19-22(28(32)33)8-12-24(26)21-9-13-27(34-17-16-31)25(18-21)20-6-10-23(11-7-20)30-14-4-5-15-30/h6-13,18-19,31H,4-5,14-17H2,1-3H3,(H,32,33). The topological polar surface area (TPSA) is 70.0 Å². The molecule has 1 saturated heterocycles. The molecule has 0 bridgehead atoms. The Bertz CT molecular complexity index is 1160. The molecule has 3 aromatic rings. The number of ether oxygens (including phenoxy) is 1. The van der Waals surface area contributed by atoms with Gasteiger partial charge in [-0.05, 0) is 76.9 Å². The minimum atomic E-state index is -0.927. The van der Waals surface area contributed by atoms with Crippen LogP contribution >= 0.6 is 0 Å². The van der Waals surface area contributed by atoms with Gasteiger partial charge in [0.05, 0.1) is 12.2 Å².